The predicted octanol–water partition coefficient (Wildman–Crippen LogP) is 2.38. The van der Waals surface area contributed by atoms with Crippen LogP contribution < -0.4 is 10.6 Å². The molecule has 2 N–H and O–H groups in total. The number of nitrogens with two attached hydrogens (primary N) is 1. The van der Waals surface area contributed by atoms with Crippen LogP contribution in [0.1, 0.15) is 22.8 Å². The summed E-state index contributed by atoms with van der Waals surface area (Å²) in [6, 6.07) is 10.6. The number of hydrogen-bond acceptors (Lipinski definition) is 3. The monoisotopic (exact) mass is 285 g/mol. The minimum atomic E-state index is -0.0619. The summed E-state index contributed by atoms with van der Waals surface area (Å²) in [4.78, 5) is 18.5. The standard InChI is InChI=1S/C15H15N3OS/c1-2-18(13-7-9-17-10-8-13)15(19)12-5-3-11(4-6-12)14(16)20/h3-10H,2H2,1H3,(H2,16,20). The summed E-state index contributed by atoms with van der Waals surface area (Å²) in [6.45, 7) is 2.52. The van der Waals surface area contributed by atoms with Crippen LogP contribution in [0.15, 0.2) is 48.8 Å². The quantitative estimate of drug-likeness (QED) is 0.876. The maximum absolute atomic E-state index is 12.5. The van der Waals surface area contributed by atoms with Gasteiger partial charge in [-0.1, -0.05) is 24.4 Å². The highest BCUT2D eigenvalue weighted by atomic mass is 32.1. The van der Waals surface area contributed by atoms with Gasteiger partial charge in [0, 0.05) is 35.8 Å². The molecule has 0 spiro atoms. The van der Waals surface area contributed by atoms with Crippen LogP contribution in [0.4, 0.5) is 5.69 Å². The molecule has 2 aromatic rings. The Hall–Kier alpha value is -2.27. The molecule has 1 amide bonds. The third-order valence-corrected chi connectivity index (χ3v) is 3.19. The molecule has 0 aliphatic carbocycles. The number of hydrogen-bond donors (Lipinski definition) is 1. The molecule has 1 aromatic carbocycles. The van der Waals surface area contributed by atoms with Crippen molar-refractivity contribution < 1.29 is 4.79 Å². The van der Waals surface area contributed by atoms with Crippen molar-refractivity contribution >= 4 is 28.8 Å². The number of nitrogens with zero attached hydrogens (tertiary/aromatic N) is 2. The van der Waals surface area contributed by atoms with E-state index in [4.69, 9.17) is 18.0 Å². The van der Waals surface area contributed by atoms with Gasteiger partial charge >= 0.3 is 0 Å². The number of benzene rings is 1. The molecule has 5 heteroatoms. The molecule has 2 rings (SSSR count). The van der Waals surface area contributed by atoms with E-state index < -0.39 is 0 Å². The van der Waals surface area contributed by atoms with E-state index in [9.17, 15) is 4.79 Å². The second kappa shape index (κ2) is 6.25. The normalized spacial score (nSPS) is 10.1. The Morgan fingerprint density at radius 3 is 2.20 bits per heavy atom. The van der Waals surface area contributed by atoms with Gasteiger partial charge in [-0.2, -0.15) is 0 Å². The fourth-order valence-electron chi connectivity index (χ4n) is 1.90. The van der Waals surface area contributed by atoms with Gasteiger partial charge in [-0.3, -0.25) is 9.78 Å². The SMILES string of the molecule is CCN(C(=O)c1ccc(C(N)=S)cc1)c1ccncc1. The minimum absolute atomic E-state index is 0.0619. The van der Waals surface area contributed by atoms with Gasteiger partial charge in [0.1, 0.15) is 4.99 Å². The van der Waals surface area contributed by atoms with E-state index in [0.29, 0.717) is 17.1 Å². The zero-order chi connectivity index (χ0) is 14.5. The molecule has 0 atom stereocenters. The summed E-state index contributed by atoms with van der Waals surface area (Å²) < 4.78 is 0. The number of carbonyl (C=O) groups excluding carboxylic acids is 1. The second-order valence-corrected chi connectivity index (χ2v) is 4.64. The number of carbonyl (C=O) groups is 1. The van der Waals surface area contributed by atoms with Gasteiger partial charge in [0.15, 0.2) is 0 Å². The molecule has 1 heterocycles. The average molecular weight is 285 g/mol. The van der Waals surface area contributed by atoms with Gasteiger partial charge in [0.05, 0.1) is 0 Å². The first-order valence-electron chi connectivity index (χ1n) is 6.25. The van der Waals surface area contributed by atoms with Crippen LogP contribution in [-0.2, 0) is 0 Å². The Bertz CT molecular complexity index is 611. The Labute approximate surface area is 123 Å². The molecule has 0 unspecified atom stereocenters. The Morgan fingerprint density at radius 2 is 1.70 bits per heavy atom. The van der Waals surface area contributed by atoms with Crippen LogP contribution in [0, 0.1) is 0 Å². The van der Waals surface area contributed by atoms with Gasteiger partial charge in [-0.25, -0.2) is 0 Å². The van der Waals surface area contributed by atoms with Crippen LogP contribution in [0.3, 0.4) is 0 Å². The van der Waals surface area contributed by atoms with Gasteiger partial charge in [-0.15, -0.1) is 0 Å². The Morgan fingerprint density at radius 1 is 1.15 bits per heavy atom. The largest absolute Gasteiger partial charge is 0.389 e. The lowest BCUT2D eigenvalue weighted by atomic mass is 10.1. The smallest absolute Gasteiger partial charge is 0.258 e. The summed E-state index contributed by atoms with van der Waals surface area (Å²) in [5.41, 5.74) is 7.72. The molecule has 1 aromatic heterocycles. The molecule has 0 aliphatic rings. The average Bonchev–Trinajstić information content (AvgIpc) is 2.49. The Kier molecular flexibility index (Phi) is 4.42. The van der Waals surface area contributed by atoms with E-state index in [0.717, 1.165) is 11.3 Å². The van der Waals surface area contributed by atoms with Crippen LogP contribution in [0.5, 0.6) is 0 Å². The molecular formula is C15H15N3OS. The zero-order valence-electron chi connectivity index (χ0n) is 11.1. The van der Waals surface area contributed by atoms with Crippen LogP contribution >= 0.6 is 12.2 Å². The molecule has 0 radical (unpaired) electrons. The molecule has 102 valence electrons. The number of aromatic nitrogens is 1. The van der Waals surface area contributed by atoms with E-state index in [1.807, 2.05) is 19.1 Å². The zero-order valence-corrected chi connectivity index (χ0v) is 11.9. The van der Waals surface area contributed by atoms with E-state index in [-0.39, 0.29) is 5.91 Å². The number of anilines is 1. The lowest BCUT2D eigenvalue weighted by Gasteiger charge is -2.21. The summed E-state index contributed by atoms with van der Waals surface area (Å²) in [5, 5.41) is 0. The van der Waals surface area contributed by atoms with Crippen molar-refractivity contribution in [3.63, 3.8) is 0 Å². The number of thiocarbonyl (C=S) groups is 1. The summed E-state index contributed by atoms with van der Waals surface area (Å²) in [6.07, 6.45) is 3.34. The van der Waals surface area contributed by atoms with Gasteiger partial charge in [0.25, 0.3) is 5.91 Å². The van der Waals surface area contributed by atoms with Crippen molar-refractivity contribution in [3.05, 3.63) is 59.9 Å². The fraction of sp³-hybridized carbons (Fsp3) is 0.133. The molecular weight excluding hydrogens is 270 g/mol. The third kappa shape index (κ3) is 3.00. The topological polar surface area (TPSA) is 59.2 Å². The highest BCUT2D eigenvalue weighted by Crippen LogP contribution is 2.16. The minimum Gasteiger partial charge on any atom is -0.389 e. The number of amides is 1. The van der Waals surface area contributed by atoms with Crippen LogP contribution in [0.2, 0.25) is 0 Å². The highest BCUT2D eigenvalue weighted by molar-refractivity contribution is 7.80. The molecule has 4 nitrogen and oxygen atoms in total. The van der Waals surface area contributed by atoms with Gasteiger partial charge in [-0.05, 0) is 31.2 Å². The van der Waals surface area contributed by atoms with Crippen molar-refractivity contribution in [2.75, 3.05) is 11.4 Å². The number of rotatable bonds is 4. The molecule has 20 heavy (non-hydrogen) atoms. The first kappa shape index (κ1) is 14.1. The molecule has 0 bridgehead atoms. The first-order chi connectivity index (χ1) is 9.63. The van der Waals surface area contributed by atoms with Gasteiger partial charge < -0.3 is 10.6 Å². The molecule has 0 aliphatic heterocycles. The van der Waals surface area contributed by atoms with Crippen molar-refractivity contribution in [1.29, 1.82) is 0 Å². The lowest BCUT2D eigenvalue weighted by Crippen LogP contribution is -2.30. The van der Waals surface area contributed by atoms with Crippen LogP contribution in [0.25, 0.3) is 0 Å². The van der Waals surface area contributed by atoms with Gasteiger partial charge in [0.2, 0.25) is 0 Å². The van der Waals surface area contributed by atoms with Crippen molar-refractivity contribution in [2.24, 2.45) is 5.73 Å². The van der Waals surface area contributed by atoms with Crippen molar-refractivity contribution in [1.82, 2.24) is 4.98 Å². The van der Waals surface area contributed by atoms with E-state index in [2.05, 4.69) is 4.98 Å². The van der Waals surface area contributed by atoms with E-state index in [1.165, 1.54) is 0 Å². The summed E-state index contributed by atoms with van der Waals surface area (Å²) >= 11 is 4.90. The maximum Gasteiger partial charge on any atom is 0.258 e. The summed E-state index contributed by atoms with van der Waals surface area (Å²) in [5.74, 6) is -0.0619. The third-order valence-electron chi connectivity index (χ3n) is 2.95. The lowest BCUT2D eigenvalue weighted by molar-refractivity contribution is 0.0988. The molecule has 0 saturated carbocycles. The highest BCUT2D eigenvalue weighted by Gasteiger charge is 2.15. The predicted molar refractivity (Wildman–Crippen MR) is 83.9 cm³/mol. The first-order valence-corrected chi connectivity index (χ1v) is 6.66. The molecule has 0 fully saturated rings. The van der Waals surface area contributed by atoms with E-state index in [1.54, 1.807) is 41.6 Å². The van der Waals surface area contributed by atoms with Crippen molar-refractivity contribution in [2.45, 2.75) is 6.92 Å². The molecule has 0 saturated heterocycles. The maximum atomic E-state index is 12.5. The number of pyridine rings is 1. The van der Waals surface area contributed by atoms with Crippen LogP contribution in [-0.4, -0.2) is 22.4 Å². The second-order valence-electron chi connectivity index (χ2n) is 4.20. The Balaban J connectivity index is 2.27. The van der Waals surface area contributed by atoms with E-state index >= 15 is 0 Å². The van der Waals surface area contributed by atoms with Crippen molar-refractivity contribution in [3.8, 4) is 0 Å². The summed E-state index contributed by atoms with van der Waals surface area (Å²) in [7, 11) is 0. The fourth-order valence-corrected chi connectivity index (χ4v) is 2.04.